The summed E-state index contributed by atoms with van der Waals surface area (Å²) in [5.41, 5.74) is 1.79. The Kier molecular flexibility index (Phi) is 7.02. The fourth-order valence-corrected chi connectivity index (χ4v) is 6.73. The summed E-state index contributed by atoms with van der Waals surface area (Å²) in [5, 5.41) is 12.3. The first kappa shape index (κ1) is 26.7. The highest BCUT2D eigenvalue weighted by molar-refractivity contribution is 7.22. The normalized spacial score (nSPS) is 15.1. The lowest BCUT2D eigenvalue weighted by Gasteiger charge is -2.24. The fourth-order valence-electron chi connectivity index (χ4n) is 4.84. The van der Waals surface area contributed by atoms with Crippen LogP contribution in [0, 0.1) is 13.8 Å². The summed E-state index contributed by atoms with van der Waals surface area (Å²) >= 11 is 2.52. The second-order valence-corrected chi connectivity index (χ2v) is 11.6. The molecule has 0 saturated heterocycles. The maximum atomic E-state index is 14.0. The molecule has 0 saturated carbocycles. The number of carbonyl (C=O) groups excluding carboxylic acids is 2. The second-order valence-electron chi connectivity index (χ2n) is 9.36. The Morgan fingerprint density at radius 1 is 0.951 bits per heavy atom. The van der Waals surface area contributed by atoms with Gasteiger partial charge in [-0.25, -0.2) is 9.97 Å². The molecule has 5 aromatic rings. The van der Waals surface area contributed by atoms with Gasteiger partial charge in [-0.3, -0.25) is 14.5 Å². The van der Waals surface area contributed by atoms with Gasteiger partial charge in [-0.2, -0.15) is 0 Å². The van der Waals surface area contributed by atoms with Gasteiger partial charge in [0.05, 0.1) is 44.0 Å². The molecule has 1 N–H and O–H groups in total. The number of hydrogen-bond donors (Lipinski definition) is 1. The molecule has 0 fully saturated rings. The molecule has 1 amide bonds. The highest BCUT2D eigenvalue weighted by Gasteiger charge is 2.46. The van der Waals surface area contributed by atoms with Crippen LogP contribution in [0.5, 0.6) is 17.2 Å². The first-order valence-corrected chi connectivity index (χ1v) is 14.6. The van der Waals surface area contributed by atoms with Crippen LogP contribution >= 0.6 is 22.7 Å². The van der Waals surface area contributed by atoms with E-state index in [1.165, 1.54) is 27.6 Å². The number of fused-ring (bicyclic) bond motifs is 1. The standard InChI is InChI=1S/C31H25N3O5S2/c1-4-38-21-13-14-23-24(16-21)41-31(33-23)34-26(19-9-8-12-22(15-19)39-20-10-6-5-7-11-20)25(28(36)30(34)37)27(35)29-17(2)32-18(3)40-29/h5-16,26,36H,4H2,1-3H3. The van der Waals surface area contributed by atoms with Gasteiger partial charge in [0, 0.05) is 0 Å². The van der Waals surface area contributed by atoms with E-state index in [2.05, 4.69) is 4.98 Å². The number of aryl methyl sites for hydroxylation is 2. The van der Waals surface area contributed by atoms with Crippen molar-refractivity contribution in [2.45, 2.75) is 26.8 Å². The number of hydrogen-bond acceptors (Lipinski definition) is 9. The molecule has 8 nitrogen and oxygen atoms in total. The van der Waals surface area contributed by atoms with E-state index >= 15 is 0 Å². The zero-order valence-electron chi connectivity index (χ0n) is 22.5. The predicted octanol–water partition coefficient (Wildman–Crippen LogP) is 7.34. The smallest absolute Gasteiger partial charge is 0.296 e. The molecular weight excluding hydrogens is 558 g/mol. The van der Waals surface area contributed by atoms with Crippen LogP contribution in [0.2, 0.25) is 0 Å². The molecule has 1 unspecified atom stereocenters. The van der Waals surface area contributed by atoms with E-state index in [9.17, 15) is 14.7 Å². The monoisotopic (exact) mass is 583 g/mol. The second kappa shape index (κ2) is 10.8. The van der Waals surface area contributed by atoms with Crippen LogP contribution in [-0.4, -0.2) is 33.4 Å². The van der Waals surface area contributed by atoms with Crippen LogP contribution in [0.25, 0.3) is 10.2 Å². The minimum atomic E-state index is -0.942. The van der Waals surface area contributed by atoms with E-state index in [1.807, 2.05) is 62.4 Å². The van der Waals surface area contributed by atoms with Gasteiger partial charge in [0.15, 0.2) is 10.9 Å². The Bertz CT molecular complexity index is 1830. The molecule has 206 valence electrons. The van der Waals surface area contributed by atoms with Crippen molar-refractivity contribution in [3.05, 3.63) is 105 Å². The summed E-state index contributed by atoms with van der Waals surface area (Å²) in [6.07, 6.45) is 0. The molecule has 6 rings (SSSR count). The molecule has 10 heteroatoms. The number of aromatic nitrogens is 2. The Morgan fingerprint density at radius 3 is 2.46 bits per heavy atom. The van der Waals surface area contributed by atoms with Crippen LogP contribution in [-0.2, 0) is 4.79 Å². The first-order chi connectivity index (χ1) is 19.8. The van der Waals surface area contributed by atoms with E-state index in [4.69, 9.17) is 14.5 Å². The molecule has 1 atom stereocenters. The van der Waals surface area contributed by atoms with Crippen molar-refractivity contribution in [3.8, 4) is 17.2 Å². The molecular formula is C31H25N3O5S2. The third kappa shape index (κ3) is 4.96. The average molecular weight is 584 g/mol. The van der Waals surface area contributed by atoms with Crippen molar-refractivity contribution in [2.24, 2.45) is 0 Å². The number of ether oxygens (including phenoxy) is 2. The molecule has 0 spiro atoms. The lowest BCUT2D eigenvalue weighted by Crippen LogP contribution is -2.31. The molecule has 1 aliphatic rings. The van der Waals surface area contributed by atoms with Crippen LogP contribution in [0.3, 0.4) is 0 Å². The quantitative estimate of drug-likeness (QED) is 0.191. The van der Waals surface area contributed by atoms with E-state index in [1.54, 1.807) is 31.2 Å². The van der Waals surface area contributed by atoms with Gasteiger partial charge < -0.3 is 14.6 Å². The summed E-state index contributed by atoms with van der Waals surface area (Å²) in [5.74, 6) is 0.115. The minimum Gasteiger partial charge on any atom is -0.503 e. The summed E-state index contributed by atoms with van der Waals surface area (Å²) in [7, 11) is 0. The SMILES string of the molecule is CCOc1ccc2nc(N3C(=O)C(O)=C(C(=O)c4sc(C)nc4C)C3c3cccc(Oc4ccccc4)c3)sc2c1. The number of Topliss-reactive ketones (excluding diaryl/α,β-unsaturated/α-hetero) is 1. The number of ketones is 1. The average Bonchev–Trinajstić information content (AvgIpc) is 3.61. The summed E-state index contributed by atoms with van der Waals surface area (Å²) in [6.45, 7) is 5.99. The molecule has 0 radical (unpaired) electrons. The topological polar surface area (TPSA) is 102 Å². The molecule has 3 heterocycles. The van der Waals surface area contributed by atoms with E-state index < -0.39 is 23.5 Å². The summed E-state index contributed by atoms with van der Waals surface area (Å²) in [6, 6.07) is 21.1. The zero-order valence-corrected chi connectivity index (χ0v) is 24.1. The molecule has 0 bridgehead atoms. The largest absolute Gasteiger partial charge is 0.503 e. The maximum absolute atomic E-state index is 14.0. The number of rotatable bonds is 8. The van der Waals surface area contributed by atoms with Crippen molar-refractivity contribution >= 4 is 49.7 Å². The fraction of sp³-hybridized carbons (Fsp3) is 0.161. The summed E-state index contributed by atoms with van der Waals surface area (Å²) in [4.78, 5) is 38.6. The first-order valence-electron chi connectivity index (χ1n) is 13.0. The van der Waals surface area contributed by atoms with Gasteiger partial charge in [0.2, 0.25) is 5.78 Å². The number of thiazole rings is 2. The van der Waals surface area contributed by atoms with Crippen molar-refractivity contribution in [1.82, 2.24) is 9.97 Å². The number of aliphatic hydroxyl groups excluding tert-OH is 1. The maximum Gasteiger partial charge on any atom is 0.296 e. The molecule has 2 aromatic heterocycles. The van der Waals surface area contributed by atoms with Gasteiger partial charge in [-0.1, -0.05) is 41.7 Å². The molecule has 1 aliphatic heterocycles. The van der Waals surface area contributed by atoms with E-state index in [-0.39, 0.29) is 5.57 Å². The Labute approximate surface area is 244 Å². The Hall–Kier alpha value is -4.54. The van der Waals surface area contributed by atoms with Crippen LogP contribution in [0.4, 0.5) is 5.13 Å². The molecule has 3 aromatic carbocycles. The molecule has 0 aliphatic carbocycles. The van der Waals surface area contributed by atoms with Gasteiger partial charge >= 0.3 is 0 Å². The molecule has 41 heavy (non-hydrogen) atoms. The Balaban J connectivity index is 1.48. The van der Waals surface area contributed by atoms with Crippen molar-refractivity contribution in [1.29, 1.82) is 0 Å². The number of para-hydroxylation sites is 1. The van der Waals surface area contributed by atoms with Crippen molar-refractivity contribution in [3.63, 3.8) is 0 Å². The van der Waals surface area contributed by atoms with E-state index in [0.29, 0.717) is 50.6 Å². The number of anilines is 1. The number of amides is 1. The van der Waals surface area contributed by atoms with Gasteiger partial charge in [-0.15, -0.1) is 11.3 Å². The van der Waals surface area contributed by atoms with Crippen molar-refractivity contribution < 1.29 is 24.2 Å². The number of benzene rings is 3. The van der Waals surface area contributed by atoms with Gasteiger partial charge in [-0.05, 0) is 68.8 Å². The van der Waals surface area contributed by atoms with Crippen LogP contribution in [0.1, 0.15) is 38.9 Å². The highest BCUT2D eigenvalue weighted by atomic mass is 32.1. The van der Waals surface area contributed by atoms with Gasteiger partial charge in [0.1, 0.15) is 17.2 Å². The van der Waals surface area contributed by atoms with Crippen molar-refractivity contribution in [2.75, 3.05) is 11.5 Å². The number of aliphatic hydroxyl groups is 1. The predicted molar refractivity (Wildman–Crippen MR) is 160 cm³/mol. The third-order valence-electron chi connectivity index (χ3n) is 6.58. The Morgan fingerprint density at radius 2 is 1.73 bits per heavy atom. The van der Waals surface area contributed by atoms with Gasteiger partial charge in [0.25, 0.3) is 5.91 Å². The lowest BCUT2D eigenvalue weighted by molar-refractivity contribution is -0.117. The lowest BCUT2D eigenvalue weighted by atomic mass is 9.95. The third-order valence-corrected chi connectivity index (χ3v) is 8.67. The van der Waals surface area contributed by atoms with Crippen LogP contribution in [0.15, 0.2) is 84.1 Å². The zero-order chi connectivity index (χ0) is 28.7. The highest BCUT2D eigenvalue weighted by Crippen LogP contribution is 2.45. The summed E-state index contributed by atoms with van der Waals surface area (Å²) < 4.78 is 12.5. The van der Waals surface area contributed by atoms with Crippen LogP contribution < -0.4 is 14.4 Å². The number of carbonyl (C=O) groups is 2. The number of nitrogens with zero attached hydrogens (tertiary/aromatic N) is 3. The minimum absolute atomic E-state index is 0.0205. The van der Waals surface area contributed by atoms with E-state index in [0.717, 1.165) is 9.71 Å².